The zero-order valence-electron chi connectivity index (χ0n) is 8.88. The van der Waals surface area contributed by atoms with Crippen molar-refractivity contribution < 1.29 is 14.7 Å². The Morgan fingerprint density at radius 2 is 2.29 bits per heavy atom. The van der Waals surface area contributed by atoms with Gasteiger partial charge < -0.3 is 16.2 Å². The van der Waals surface area contributed by atoms with E-state index >= 15 is 0 Å². The van der Waals surface area contributed by atoms with Gasteiger partial charge in [0.15, 0.2) is 0 Å². The molecule has 0 fully saturated rings. The number of hydrogen-bond acceptors (Lipinski definition) is 4. The van der Waals surface area contributed by atoms with E-state index in [-0.39, 0.29) is 17.9 Å². The number of carboxylic acid groups (broad SMARTS) is 1. The highest BCUT2D eigenvalue weighted by atomic mass is 16.4. The zero-order chi connectivity index (χ0) is 12.8. The molecule has 0 aliphatic heterocycles. The third-order valence-electron chi connectivity index (χ3n) is 1.94. The molecule has 0 aliphatic rings. The number of hydrogen-bond donors (Lipinski definition) is 3. The lowest BCUT2D eigenvalue weighted by Crippen LogP contribution is -2.29. The quantitative estimate of drug-likeness (QED) is 0.624. The molecule has 88 valence electrons. The number of amides is 1. The molecule has 0 radical (unpaired) electrons. The minimum absolute atomic E-state index is 0.0117. The molecular weight excluding hydrogens is 222 g/mol. The zero-order valence-corrected chi connectivity index (χ0v) is 8.88. The summed E-state index contributed by atoms with van der Waals surface area (Å²) in [6.07, 6.45) is 5.06. The molecule has 1 unspecified atom stereocenters. The van der Waals surface area contributed by atoms with Crippen LogP contribution in [0.3, 0.4) is 0 Å². The summed E-state index contributed by atoms with van der Waals surface area (Å²) >= 11 is 0. The van der Waals surface area contributed by atoms with Crippen molar-refractivity contribution in [2.75, 3.05) is 5.32 Å². The van der Waals surface area contributed by atoms with E-state index in [4.69, 9.17) is 17.3 Å². The first-order valence-corrected chi connectivity index (χ1v) is 4.74. The Morgan fingerprint density at radius 3 is 2.82 bits per heavy atom. The molecule has 0 saturated carbocycles. The number of primary amides is 1. The largest absolute Gasteiger partial charge is 0.480 e. The number of carbonyl (C=O) groups excluding carboxylic acids is 1. The van der Waals surface area contributed by atoms with Crippen molar-refractivity contribution in [3.63, 3.8) is 0 Å². The third kappa shape index (κ3) is 3.50. The van der Waals surface area contributed by atoms with E-state index in [1.54, 1.807) is 6.07 Å². The summed E-state index contributed by atoms with van der Waals surface area (Å²) in [4.78, 5) is 25.6. The summed E-state index contributed by atoms with van der Waals surface area (Å²) in [7, 11) is 0. The lowest BCUT2D eigenvalue weighted by atomic mass is 10.2. The molecule has 1 aromatic rings. The summed E-state index contributed by atoms with van der Waals surface area (Å²) in [5.41, 5.74) is 5.11. The molecule has 1 heterocycles. The lowest BCUT2D eigenvalue weighted by Gasteiger charge is -2.12. The van der Waals surface area contributed by atoms with Crippen LogP contribution in [0.15, 0.2) is 18.2 Å². The molecule has 6 nitrogen and oxygen atoms in total. The second kappa shape index (κ2) is 5.51. The second-order valence-electron chi connectivity index (χ2n) is 3.22. The van der Waals surface area contributed by atoms with Crippen molar-refractivity contribution in [1.82, 2.24) is 4.98 Å². The van der Waals surface area contributed by atoms with Gasteiger partial charge >= 0.3 is 5.97 Å². The molecule has 0 aliphatic carbocycles. The highest BCUT2D eigenvalue weighted by molar-refractivity contribution is 5.91. The highest BCUT2D eigenvalue weighted by Crippen LogP contribution is 2.08. The normalized spacial score (nSPS) is 11.2. The molecule has 17 heavy (non-hydrogen) atoms. The van der Waals surface area contributed by atoms with Gasteiger partial charge in [0.1, 0.15) is 17.6 Å². The maximum Gasteiger partial charge on any atom is 0.327 e. The molecule has 0 spiro atoms. The SMILES string of the molecule is C#CCC(Nc1cccc(C(N)=O)n1)C(=O)O. The van der Waals surface area contributed by atoms with Crippen LogP contribution in [-0.2, 0) is 4.79 Å². The van der Waals surface area contributed by atoms with Crippen molar-refractivity contribution in [3.05, 3.63) is 23.9 Å². The van der Waals surface area contributed by atoms with Crippen molar-refractivity contribution in [3.8, 4) is 12.3 Å². The lowest BCUT2D eigenvalue weighted by molar-refractivity contribution is -0.137. The number of carboxylic acids is 1. The summed E-state index contributed by atoms with van der Waals surface area (Å²) in [6, 6.07) is 3.56. The number of carbonyl (C=O) groups is 2. The topological polar surface area (TPSA) is 105 Å². The van der Waals surface area contributed by atoms with E-state index in [2.05, 4.69) is 16.2 Å². The minimum Gasteiger partial charge on any atom is -0.480 e. The summed E-state index contributed by atoms with van der Waals surface area (Å²) in [6.45, 7) is 0. The second-order valence-corrected chi connectivity index (χ2v) is 3.22. The molecule has 4 N–H and O–H groups in total. The van der Waals surface area contributed by atoms with Gasteiger partial charge in [-0.3, -0.25) is 4.79 Å². The van der Waals surface area contributed by atoms with Crippen molar-refractivity contribution in [2.24, 2.45) is 5.73 Å². The van der Waals surface area contributed by atoms with Crippen molar-refractivity contribution in [1.29, 1.82) is 0 Å². The standard InChI is InChI=1S/C11H11N3O3/c1-2-4-8(11(16)17)14-9-6-3-5-7(13-9)10(12)15/h1,3,5-6,8H,4H2,(H2,12,15)(H,13,14)(H,16,17). The van der Waals surface area contributed by atoms with Gasteiger partial charge in [0, 0.05) is 6.42 Å². The Balaban J connectivity index is 2.86. The summed E-state index contributed by atoms with van der Waals surface area (Å²) < 4.78 is 0. The molecule has 1 atom stereocenters. The first-order valence-electron chi connectivity index (χ1n) is 4.74. The molecule has 1 rings (SSSR count). The van der Waals surface area contributed by atoms with Crippen molar-refractivity contribution >= 4 is 17.7 Å². The maximum absolute atomic E-state index is 10.9. The van der Waals surface area contributed by atoms with Crippen LogP contribution in [0.5, 0.6) is 0 Å². The first kappa shape index (κ1) is 12.5. The molecule has 6 heteroatoms. The first-order chi connectivity index (χ1) is 8.04. The monoisotopic (exact) mass is 233 g/mol. The van der Waals surface area contributed by atoms with Gasteiger partial charge in [-0.1, -0.05) is 6.07 Å². The summed E-state index contributed by atoms with van der Waals surface area (Å²) in [5.74, 6) is 0.712. The molecule has 1 aromatic heterocycles. The maximum atomic E-state index is 10.9. The fourth-order valence-electron chi connectivity index (χ4n) is 1.15. The Morgan fingerprint density at radius 1 is 1.59 bits per heavy atom. The van der Waals surface area contributed by atoms with Crippen LogP contribution in [0.25, 0.3) is 0 Å². The van der Waals surface area contributed by atoms with Gasteiger partial charge in [0.2, 0.25) is 0 Å². The minimum atomic E-state index is -1.09. The van der Waals surface area contributed by atoms with Gasteiger partial charge in [-0.05, 0) is 12.1 Å². The average molecular weight is 233 g/mol. The van der Waals surface area contributed by atoms with Crippen LogP contribution in [0.1, 0.15) is 16.9 Å². The van der Waals surface area contributed by atoms with E-state index in [1.165, 1.54) is 12.1 Å². The van der Waals surface area contributed by atoms with Crippen LogP contribution in [0.2, 0.25) is 0 Å². The fraction of sp³-hybridized carbons (Fsp3) is 0.182. The molecule has 0 saturated heterocycles. The fourth-order valence-corrected chi connectivity index (χ4v) is 1.15. The number of rotatable bonds is 5. The van der Waals surface area contributed by atoms with Crippen LogP contribution in [0.4, 0.5) is 5.82 Å². The van der Waals surface area contributed by atoms with E-state index in [9.17, 15) is 9.59 Å². The smallest absolute Gasteiger partial charge is 0.327 e. The number of nitrogens with one attached hydrogen (secondary N) is 1. The van der Waals surface area contributed by atoms with Crippen LogP contribution in [0, 0.1) is 12.3 Å². The van der Waals surface area contributed by atoms with Gasteiger partial charge in [-0.25, -0.2) is 9.78 Å². The molecule has 0 bridgehead atoms. The van der Waals surface area contributed by atoms with Gasteiger partial charge in [0.05, 0.1) is 0 Å². The van der Waals surface area contributed by atoms with E-state index in [1.807, 2.05) is 0 Å². The van der Waals surface area contributed by atoms with Crippen LogP contribution in [-0.4, -0.2) is 28.0 Å². The molecule has 1 amide bonds. The Kier molecular flexibility index (Phi) is 4.06. The Bertz CT molecular complexity index is 479. The van der Waals surface area contributed by atoms with Gasteiger partial charge in [-0.15, -0.1) is 12.3 Å². The molecule has 0 aromatic carbocycles. The number of aromatic nitrogens is 1. The predicted molar refractivity (Wildman–Crippen MR) is 61.3 cm³/mol. The van der Waals surface area contributed by atoms with E-state index < -0.39 is 17.9 Å². The number of nitrogens with two attached hydrogens (primary N) is 1. The number of terminal acetylenes is 1. The summed E-state index contributed by atoms with van der Waals surface area (Å²) in [5, 5.41) is 11.5. The Hall–Kier alpha value is -2.55. The highest BCUT2D eigenvalue weighted by Gasteiger charge is 2.16. The Labute approximate surface area is 97.8 Å². The van der Waals surface area contributed by atoms with E-state index in [0.717, 1.165) is 0 Å². The van der Waals surface area contributed by atoms with Gasteiger partial charge in [-0.2, -0.15) is 0 Å². The van der Waals surface area contributed by atoms with E-state index in [0.29, 0.717) is 0 Å². The van der Waals surface area contributed by atoms with Crippen molar-refractivity contribution in [2.45, 2.75) is 12.5 Å². The number of aliphatic carboxylic acids is 1. The van der Waals surface area contributed by atoms with Gasteiger partial charge in [0.25, 0.3) is 5.91 Å². The average Bonchev–Trinajstić information content (AvgIpc) is 2.28. The number of anilines is 1. The van der Waals surface area contributed by atoms with Crippen LogP contribution >= 0.6 is 0 Å². The molecular formula is C11H11N3O3. The van der Waals surface area contributed by atoms with Crippen LogP contribution < -0.4 is 11.1 Å². The predicted octanol–water partition coefficient (Wildman–Crippen LogP) is 0.0689. The number of pyridine rings is 1. The third-order valence-corrected chi connectivity index (χ3v) is 1.94. The number of nitrogens with zero attached hydrogens (tertiary/aromatic N) is 1.